The number of ether oxygens (including phenoxy) is 1. The number of nitrogens with one attached hydrogen (secondary N) is 1. The van der Waals surface area contributed by atoms with E-state index in [1.54, 1.807) is 42.6 Å². The quantitative estimate of drug-likeness (QED) is 0.527. The monoisotopic (exact) mass is 376 g/mol. The van der Waals surface area contributed by atoms with Gasteiger partial charge in [0.1, 0.15) is 11.5 Å². The molecule has 3 aromatic rings. The number of amides is 1. The predicted molar refractivity (Wildman–Crippen MR) is 103 cm³/mol. The van der Waals surface area contributed by atoms with Crippen molar-refractivity contribution in [2.75, 3.05) is 5.32 Å². The second kappa shape index (κ2) is 7.05. The Hall–Kier alpha value is -3.44. The van der Waals surface area contributed by atoms with Gasteiger partial charge in [0.15, 0.2) is 5.78 Å². The lowest BCUT2D eigenvalue weighted by molar-refractivity contribution is -0.110. The first-order chi connectivity index (χ1) is 13.1. The van der Waals surface area contributed by atoms with Crippen molar-refractivity contribution in [1.82, 2.24) is 4.98 Å². The van der Waals surface area contributed by atoms with Crippen LogP contribution in [0.15, 0.2) is 73.1 Å². The summed E-state index contributed by atoms with van der Waals surface area (Å²) in [6.07, 6.45) is 4.30. The number of hydrogen-bond acceptors (Lipinski definition) is 4. The number of allylic oxidation sites excluding steroid dienone is 1. The fraction of sp³-hybridized carbons (Fsp3) is 0. The van der Waals surface area contributed by atoms with Crippen LogP contribution in [0, 0.1) is 0 Å². The third-order valence-electron chi connectivity index (χ3n) is 4.06. The Bertz CT molecular complexity index is 1060. The molecule has 27 heavy (non-hydrogen) atoms. The van der Waals surface area contributed by atoms with Crippen molar-refractivity contribution in [1.29, 1.82) is 0 Å². The number of halogens is 1. The van der Waals surface area contributed by atoms with Crippen LogP contribution >= 0.6 is 11.6 Å². The Balaban J connectivity index is 1.74. The van der Waals surface area contributed by atoms with Gasteiger partial charge in [0, 0.05) is 23.5 Å². The summed E-state index contributed by atoms with van der Waals surface area (Å²) in [5, 5.41) is 2.98. The minimum Gasteiger partial charge on any atom is -0.456 e. The van der Waals surface area contributed by atoms with E-state index in [-0.39, 0.29) is 22.3 Å². The van der Waals surface area contributed by atoms with Crippen molar-refractivity contribution in [3.05, 3.63) is 89.2 Å². The fourth-order valence-electron chi connectivity index (χ4n) is 2.78. The van der Waals surface area contributed by atoms with Gasteiger partial charge in [-0.3, -0.25) is 14.6 Å². The van der Waals surface area contributed by atoms with E-state index in [4.69, 9.17) is 16.3 Å². The molecule has 0 aliphatic carbocycles. The highest BCUT2D eigenvalue weighted by Crippen LogP contribution is 2.43. The van der Waals surface area contributed by atoms with Crippen LogP contribution in [-0.2, 0) is 4.79 Å². The maximum absolute atomic E-state index is 12.5. The van der Waals surface area contributed by atoms with Crippen molar-refractivity contribution in [3.63, 3.8) is 0 Å². The lowest BCUT2D eigenvalue weighted by Gasteiger charge is -2.10. The van der Waals surface area contributed by atoms with E-state index in [1.165, 1.54) is 12.3 Å². The van der Waals surface area contributed by atoms with E-state index in [1.807, 2.05) is 18.2 Å². The average molecular weight is 377 g/mol. The standard InChI is InChI=1S/C21H13ClN2O3/c22-20-18(27-14-6-2-1-3-7-14)9-8-16-19(20)15(21(26)24-16)11-17(25)13-5-4-10-23-12-13/h1-12H,(H,24,26)/b15-11+. The number of pyridine rings is 1. The molecule has 0 atom stereocenters. The van der Waals surface area contributed by atoms with Gasteiger partial charge in [-0.05, 0) is 42.5 Å². The van der Waals surface area contributed by atoms with Crippen LogP contribution in [0.1, 0.15) is 15.9 Å². The summed E-state index contributed by atoms with van der Waals surface area (Å²) in [6.45, 7) is 0. The first kappa shape index (κ1) is 17.0. The highest BCUT2D eigenvalue weighted by molar-refractivity contribution is 6.42. The number of carbonyl (C=O) groups excluding carboxylic acids is 2. The Kier molecular flexibility index (Phi) is 4.44. The molecule has 0 fully saturated rings. The number of ketones is 1. The molecule has 0 bridgehead atoms. The second-order valence-corrected chi connectivity index (χ2v) is 6.21. The molecule has 0 spiro atoms. The SMILES string of the molecule is O=C1Nc2ccc(Oc3ccccc3)c(Cl)c2/C1=C\C(=O)c1cccnc1. The van der Waals surface area contributed by atoms with Crippen LogP contribution < -0.4 is 10.1 Å². The van der Waals surface area contributed by atoms with E-state index in [0.29, 0.717) is 28.3 Å². The Morgan fingerprint density at radius 2 is 1.89 bits per heavy atom. The number of anilines is 1. The zero-order chi connectivity index (χ0) is 18.8. The molecular formula is C21H13ClN2O3. The number of aromatic nitrogens is 1. The molecule has 1 aliphatic heterocycles. The van der Waals surface area contributed by atoms with E-state index < -0.39 is 0 Å². The van der Waals surface area contributed by atoms with Crippen molar-refractivity contribution >= 4 is 34.6 Å². The van der Waals surface area contributed by atoms with E-state index in [9.17, 15) is 9.59 Å². The molecule has 132 valence electrons. The molecule has 1 aliphatic rings. The van der Waals surface area contributed by atoms with Gasteiger partial charge in [-0.2, -0.15) is 0 Å². The molecule has 2 aromatic carbocycles. The first-order valence-electron chi connectivity index (χ1n) is 8.16. The maximum atomic E-state index is 12.5. The molecule has 4 rings (SSSR count). The number of rotatable bonds is 4. The van der Waals surface area contributed by atoms with E-state index >= 15 is 0 Å². The number of carbonyl (C=O) groups is 2. The minimum atomic E-state index is -0.388. The third-order valence-corrected chi connectivity index (χ3v) is 4.44. The van der Waals surface area contributed by atoms with Gasteiger partial charge in [-0.15, -0.1) is 0 Å². The van der Waals surface area contributed by atoms with E-state index in [0.717, 1.165) is 0 Å². The van der Waals surface area contributed by atoms with Crippen LogP contribution in [0.2, 0.25) is 5.02 Å². The summed E-state index contributed by atoms with van der Waals surface area (Å²) in [5.41, 5.74) is 1.57. The van der Waals surface area contributed by atoms with Gasteiger partial charge in [-0.25, -0.2) is 0 Å². The van der Waals surface area contributed by atoms with E-state index in [2.05, 4.69) is 10.3 Å². The smallest absolute Gasteiger partial charge is 0.256 e. The molecule has 0 saturated heterocycles. The summed E-state index contributed by atoms with van der Waals surface area (Å²) in [5.74, 6) is 0.305. The molecule has 1 N–H and O–H groups in total. The van der Waals surface area contributed by atoms with Crippen LogP contribution in [0.3, 0.4) is 0 Å². The normalized spacial score (nSPS) is 14.0. The first-order valence-corrected chi connectivity index (χ1v) is 8.54. The van der Waals surface area contributed by atoms with Gasteiger partial charge in [0.25, 0.3) is 5.91 Å². The summed E-state index contributed by atoms with van der Waals surface area (Å²) >= 11 is 6.51. The van der Waals surface area contributed by atoms with Crippen molar-refractivity contribution in [2.24, 2.45) is 0 Å². The highest BCUT2D eigenvalue weighted by Gasteiger charge is 2.29. The molecule has 5 nitrogen and oxygen atoms in total. The number of fused-ring (bicyclic) bond motifs is 1. The molecule has 2 heterocycles. The van der Waals surface area contributed by atoms with Gasteiger partial charge >= 0.3 is 0 Å². The van der Waals surface area contributed by atoms with Crippen LogP contribution in [0.4, 0.5) is 5.69 Å². The van der Waals surface area contributed by atoms with Crippen LogP contribution in [0.5, 0.6) is 11.5 Å². The third kappa shape index (κ3) is 3.32. The minimum absolute atomic E-state index is 0.197. The molecule has 0 saturated carbocycles. The van der Waals surface area contributed by atoms with Gasteiger partial charge < -0.3 is 10.1 Å². The molecule has 6 heteroatoms. The van der Waals surface area contributed by atoms with Gasteiger partial charge in [0.05, 0.1) is 16.3 Å². The molecule has 1 aromatic heterocycles. The Morgan fingerprint density at radius 3 is 2.63 bits per heavy atom. The molecule has 0 unspecified atom stereocenters. The second-order valence-electron chi connectivity index (χ2n) is 5.83. The van der Waals surface area contributed by atoms with Crippen molar-refractivity contribution in [2.45, 2.75) is 0 Å². The van der Waals surface area contributed by atoms with Gasteiger partial charge in [-0.1, -0.05) is 29.8 Å². The average Bonchev–Trinajstić information content (AvgIpc) is 3.01. The largest absolute Gasteiger partial charge is 0.456 e. The molecular weight excluding hydrogens is 364 g/mol. The number of nitrogens with zero attached hydrogens (tertiary/aromatic N) is 1. The Labute approximate surface area is 160 Å². The lowest BCUT2D eigenvalue weighted by atomic mass is 10.0. The Morgan fingerprint density at radius 1 is 1.07 bits per heavy atom. The molecule has 1 amide bonds. The summed E-state index contributed by atoms with van der Waals surface area (Å²) in [4.78, 5) is 28.8. The van der Waals surface area contributed by atoms with Crippen LogP contribution in [-0.4, -0.2) is 16.7 Å². The fourth-order valence-corrected chi connectivity index (χ4v) is 3.09. The molecule has 0 radical (unpaired) electrons. The lowest BCUT2D eigenvalue weighted by Crippen LogP contribution is -2.06. The summed E-state index contributed by atoms with van der Waals surface area (Å²) in [6, 6.07) is 15.9. The zero-order valence-corrected chi connectivity index (χ0v) is 14.7. The number of hydrogen-bond donors (Lipinski definition) is 1. The maximum Gasteiger partial charge on any atom is 0.256 e. The van der Waals surface area contributed by atoms with Crippen molar-refractivity contribution in [3.8, 4) is 11.5 Å². The zero-order valence-electron chi connectivity index (χ0n) is 14.0. The summed E-state index contributed by atoms with van der Waals surface area (Å²) < 4.78 is 5.81. The topological polar surface area (TPSA) is 68.3 Å². The van der Waals surface area contributed by atoms with Crippen molar-refractivity contribution < 1.29 is 14.3 Å². The summed E-state index contributed by atoms with van der Waals surface area (Å²) in [7, 11) is 0. The predicted octanol–water partition coefficient (Wildman–Crippen LogP) is 4.75. The number of benzene rings is 2. The highest BCUT2D eigenvalue weighted by atomic mass is 35.5. The van der Waals surface area contributed by atoms with Crippen LogP contribution in [0.25, 0.3) is 5.57 Å². The van der Waals surface area contributed by atoms with Gasteiger partial charge in [0.2, 0.25) is 0 Å². The number of para-hydroxylation sites is 1.